The van der Waals surface area contributed by atoms with Crippen molar-refractivity contribution >= 4 is 11.5 Å². The number of hydrogen-bond donors (Lipinski definition) is 2. The molecule has 6 heteroatoms. The molecule has 0 aromatic carbocycles. The molecule has 0 radical (unpaired) electrons. The zero-order valence-corrected chi connectivity index (χ0v) is 10.4. The van der Waals surface area contributed by atoms with Gasteiger partial charge in [-0.3, -0.25) is 4.40 Å². The van der Waals surface area contributed by atoms with Crippen LogP contribution in [0.4, 0.5) is 5.82 Å². The lowest BCUT2D eigenvalue weighted by Gasteiger charge is -2.20. The van der Waals surface area contributed by atoms with Crippen LogP contribution in [-0.2, 0) is 0 Å². The van der Waals surface area contributed by atoms with Gasteiger partial charge < -0.3 is 11.1 Å². The number of nitrogens with zero attached hydrogens (tertiary/aromatic N) is 4. The summed E-state index contributed by atoms with van der Waals surface area (Å²) in [7, 11) is 0. The first-order valence-corrected chi connectivity index (χ1v) is 5.76. The molecule has 2 aromatic heterocycles. The van der Waals surface area contributed by atoms with Gasteiger partial charge in [0.15, 0.2) is 5.82 Å². The molecule has 1 unspecified atom stereocenters. The fraction of sp³-hybridized carbons (Fsp3) is 0.545. The zero-order valence-electron chi connectivity index (χ0n) is 10.4. The molecule has 6 nitrogen and oxygen atoms in total. The third kappa shape index (κ3) is 2.21. The number of nitrogens with two attached hydrogens (primary N) is 1. The van der Waals surface area contributed by atoms with Crippen LogP contribution in [0.1, 0.15) is 19.7 Å². The fourth-order valence-electron chi connectivity index (χ4n) is 1.72. The van der Waals surface area contributed by atoms with Crippen LogP contribution in [0.25, 0.3) is 5.65 Å². The number of rotatable bonds is 4. The summed E-state index contributed by atoms with van der Waals surface area (Å²) < 4.78 is 1.91. The molecule has 0 saturated carbocycles. The first-order valence-electron chi connectivity index (χ1n) is 5.76. The van der Waals surface area contributed by atoms with Crippen LogP contribution in [0.3, 0.4) is 0 Å². The molecule has 0 amide bonds. The molecule has 0 aliphatic heterocycles. The van der Waals surface area contributed by atoms with Crippen LogP contribution in [0, 0.1) is 12.8 Å². The quantitative estimate of drug-likeness (QED) is 0.819. The van der Waals surface area contributed by atoms with Crippen LogP contribution in [-0.4, -0.2) is 32.2 Å². The minimum absolute atomic E-state index is 0.186. The van der Waals surface area contributed by atoms with Gasteiger partial charge in [-0.25, -0.2) is 4.98 Å². The third-order valence-electron chi connectivity index (χ3n) is 2.88. The van der Waals surface area contributed by atoms with Crippen LogP contribution in [0.15, 0.2) is 12.4 Å². The second-order valence-corrected chi connectivity index (χ2v) is 4.45. The van der Waals surface area contributed by atoms with Crippen LogP contribution >= 0.6 is 0 Å². The summed E-state index contributed by atoms with van der Waals surface area (Å²) in [4.78, 5) is 4.30. The monoisotopic (exact) mass is 234 g/mol. The summed E-state index contributed by atoms with van der Waals surface area (Å²) in [5.41, 5.74) is 6.48. The van der Waals surface area contributed by atoms with Crippen LogP contribution in [0.2, 0.25) is 0 Å². The van der Waals surface area contributed by atoms with E-state index in [2.05, 4.69) is 34.3 Å². The van der Waals surface area contributed by atoms with Crippen LogP contribution < -0.4 is 11.1 Å². The standard InChI is InChI=1S/C11H18N6/c1-7(2)9(6-12)14-10-11-16-15-8(3)17(11)5-4-13-10/h4-5,7,9H,6,12H2,1-3H3,(H,13,14). The van der Waals surface area contributed by atoms with Gasteiger partial charge in [-0.05, 0) is 12.8 Å². The average molecular weight is 234 g/mol. The number of fused-ring (bicyclic) bond motifs is 1. The van der Waals surface area contributed by atoms with E-state index in [0.717, 1.165) is 17.3 Å². The molecule has 0 saturated heterocycles. The molecule has 3 N–H and O–H groups in total. The van der Waals surface area contributed by atoms with Gasteiger partial charge in [0.2, 0.25) is 5.65 Å². The van der Waals surface area contributed by atoms with Gasteiger partial charge in [0.05, 0.1) is 0 Å². The number of anilines is 1. The Morgan fingerprint density at radius 3 is 2.82 bits per heavy atom. The summed E-state index contributed by atoms with van der Waals surface area (Å²) in [6.45, 7) is 6.72. The molecule has 0 aliphatic carbocycles. The SMILES string of the molecule is Cc1nnc2c(NC(CN)C(C)C)nccn12. The van der Waals surface area contributed by atoms with E-state index >= 15 is 0 Å². The molecule has 17 heavy (non-hydrogen) atoms. The molecule has 2 aromatic rings. The highest BCUT2D eigenvalue weighted by Gasteiger charge is 2.14. The van der Waals surface area contributed by atoms with E-state index in [1.54, 1.807) is 6.20 Å². The van der Waals surface area contributed by atoms with E-state index in [1.165, 1.54) is 0 Å². The summed E-state index contributed by atoms with van der Waals surface area (Å²) >= 11 is 0. The minimum atomic E-state index is 0.186. The first-order chi connectivity index (χ1) is 8.13. The average Bonchev–Trinajstić information content (AvgIpc) is 2.69. The molecule has 92 valence electrons. The van der Waals surface area contributed by atoms with Gasteiger partial charge in [0, 0.05) is 25.0 Å². The largest absolute Gasteiger partial charge is 0.363 e. The molecule has 0 fully saturated rings. The predicted octanol–water partition coefficient (Wildman–Crippen LogP) is 0.828. The molecule has 0 spiro atoms. The van der Waals surface area contributed by atoms with Gasteiger partial charge in [-0.15, -0.1) is 10.2 Å². The van der Waals surface area contributed by atoms with Crippen molar-refractivity contribution in [3.63, 3.8) is 0 Å². The fourth-order valence-corrected chi connectivity index (χ4v) is 1.72. The van der Waals surface area contributed by atoms with Crippen molar-refractivity contribution in [3.8, 4) is 0 Å². The zero-order chi connectivity index (χ0) is 12.4. The Kier molecular flexibility index (Phi) is 3.23. The van der Waals surface area contributed by atoms with Gasteiger partial charge >= 0.3 is 0 Å². The second kappa shape index (κ2) is 4.67. The van der Waals surface area contributed by atoms with Crippen molar-refractivity contribution in [3.05, 3.63) is 18.2 Å². The van der Waals surface area contributed by atoms with Crippen LogP contribution in [0.5, 0.6) is 0 Å². The Hall–Kier alpha value is -1.69. The van der Waals surface area contributed by atoms with Gasteiger partial charge in [-0.2, -0.15) is 0 Å². The number of aryl methyl sites for hydroxylation is 1. The Labute approximate surface area is 100 Å². The maximum Gasteiger partial charge on any atom is 0.203 e. The summed E-state index contributed by atoms with van der Waals surface area (Å²) in [5.74, 6) is 2.02. The van der Waals surface area contributed by atoms with E-state index in [1.807, 2.05) is 17.5 Å². The number of hydrogen-bond acceptors (Lipinski definition) is 5. The van der Waals surface area contributed by atoms with Crippen molar-refractivity contribution < 1.29 is 0 Å². The third-order valence-corrected chi connectivity index (χ3v) is 2.88. The summed E-state index contributed by atoms with van der Waals surface area (Å²) in [6.07, 6.45) is 3.59. The normalized spacial score (nSPS) is 13.2. The molecular formula is C11H18N6. The number of aromatic nitrogens is 4. The summed E-state index contributed by atoms with van der Waals surface area (Å²) in [6, 6.07) is 0.186. The Balaban J connectivity index is 2.35. The second-order valence-electron chi connectivity index (χ2n) is 4.45. The number of nitrogens with one attached hydrogen (secondary N) is 1. The Morgan fingerprint density at radius 1 is 1.41 bits per heavy atom. The van der Waals surface area contributed by atoms with Crippen molar-refractivity contribution in [2.24, 2.45) is 11.7 Å². The smallest absolute Gasteiger partial charge is 0.203 e. The highest BCUT2D eigenvalue weighted by Crippen LogP contribution is 2.15. The van der Waals surface area contributed by atoms with E-state index < -0.39 is 0 Å². The highest BCUT2D eigenvalue weighted by atomic mass is 15.3. The maximum absolute atomic E-state index is 5.74. The van der Waals surface area contributed by atoms with Crippen molar-refractivity contribution in [1.29, 1.82) is 0 Å². The van der Waals surface area contributed by atoms with Gasteiger partial charge in [0.1, 0.15) is 5.82 Å². The van der Waals surface area contributed by atoms with E-state index in [4.69, 9.17) is 5.73 Å². The molecule has 2 rings (SSSR count). The van der Waals surface area contributed by atoms with E-state index in [-0.39, 0.29) is 6.04 Å². The van der Waals surface area contributed by atoms with E-state index in [0.29, 0.717) is 12.5 Å². The minimum Gasteiger partial charge on any atom is -0.363 e. The summed E-state index contributed by atoms with van der Waals surface area (Å²) in [5, 5.41) is 11.5. The molecule has 0 bridgehead atoms. The van der Waals surface area contributed by atoms with Crippen molar-refractivity contribution in [1.82, 2.24) is 19.6 Å². The van der Waals surface area contributed by atoms with Crippen molar-refractivity contribution in [2.45, 2.75) is 26.8 Å². The molecule has 0 aliphatic rings. The van der Waals surface area contributed by atoms with Crippen molar-refractivity contribution in [2.75, 3.05) is 11.9 Å². The Bertz CT molecular complexity index is 504. The lowest BCUT2D eigenvalue weighted by Crippen LogP contribution is -2.34. The first kappa shape index (κ1) is 11.8. The highest BCUT2D eigenvalue weighted by molar-refractivity contribution is 5.62. The topological polar surface area (TPSA) is 81.1 Å². The van der Waals surface area contributed by atoms with E-state index in [9.17, 15) is 0 Å². The lowest BCUT2D eigenvalue weighted by molar-refractivity contribution is 0.530. The molecule has 1 atom stereocenters. The van der Waals surface area contributed by atoms with Gasteiger partial charge in [0.25, 0.3) is 0 Å². The molecular weight excluding hydrogens is 216 g/mol. The maximum atomic E-state index is 5.74. The Morgan fingerprint density at radius 2 is 2.18 bits per heavy atom. The molecule has 2 heterocycles. The lowest BCUT2D eigenvalue weighted by atomic mass is 10.1. The van der Waals surface area contributed by atoms with Gasteiger partial charge in [-0.1, -0.05) is 13.8 Å². The predicted molar refractivity (Wildman–Crippen MR) is 66.8 cm³/mol.